The van der Waals surface area contributed by atoms with Crippen LogP contribution in [0.1, 0.15) is 43.7 Å². The van der Waals surface area contributed by atoms with Gasteiger partial charge in [-0.15, -0.1) is 0 Å². The second kappa shape index (κ2) is 4.17. The zero-order valence-electron chi connectivity index (χ0n) is 9.45. The first-order chi connectivity index (χ1) is 7.83. The number of rotatable bonds is 2. The number of halogens is 1. The maximum Gasteiger partial charge on any atom is 0.123 e. The Kier molecular flexibility index (Phi) is 2.68. The molecule has 3 rings (SSSR count). The van der Waals surface area contributed by atoms with Gasteiger partial charge in [0.15, 0.2) is 0 Å². The summed E-state index contributed by atoms with van der Waals surface area (Å²) < 4.78 is 12.8. The van der Waals surface area contributed by atoms with E-state index in [9.17, 15) is 4.39 Å². The van der Waals surface area contributed by atoms with Gasteiger partial charge in [-0.2, -0.15) is 0 Å². The molecule has 0 bridgehead atoms. The highest BCUT2D eigenvalue weighted by atomic mass is 19.1. The van der Waals surface area contributed by atoms with Crippen LogP contribution in [0.2, 0.25) is 0 Å². The number of benzene rings is 1. The van der Waals surface area contributed by atoms with Gasteiger partial charge in [-0.1, -0.05) is 18.6 Å². The van der Waals surface area contributed by atoms with Crippen LogP contribution in [0.25, 0.3) is 0 Å². The van der Waals surface area contributed by atoms with Gasteiger partial charge in [-0.3, -0.25) is 0 Å². The zero-order valence-corrected chi connectivity index (χ0v) is 9.45. The Morgan fingerprint density at radius 3 is 2.44 bits per heavy atom. The predicted molar refractivity (Wildman–Crippen MR) is 62.6 cm³/mol. The maximum atomic E-state index is 12.8. The highest BCUT2D eigenvalue weighted by Crippen LogP contribution is 2.38. The topological polar surface area (TPSA) is 12.0 Å². The van der Waals surface area contributed by atoms with Crippen molar-refractivity contribution in [2.45, 2.75) is 44.2 Å². The van der Waals surface area contributed by atoms with Crippen LogP contribution in [0.4, 0.5) is 4.39 Å². The molecule has 2 heteroatoms. The SMILES string of the molecule is Fc1ccc(C2CCCC(C3CC3)N2)cc1. The molecule has 86 valence electrons. The molecule has 2 atom stereocenters. The lowest BCUT2D eigenvalue weighted by Gasteiger charge is -2.31. The third-order valence-electron chi connectivity index (χ3n) is 3.89. The van der Waals surface area contributed by atoms with Crippen molar-refractivity contribution in [2.24, 2.45) is 5.92 Å². The molecular formula is C14H18FN. The van der Waals surface area contributed by atoms with Crippen LogP contribution in [-0.4, -0.2) is 6.04 Å². The smallest absolute Gasteiger partial charge is 0.123 e. The van der Waals surface area contributed by atoms with Crippen molar-refractivity contribution >= 4 is 0 Å². The summed E-state index contributed by atoms with van der Waals surface area (Å²) in [6, 6.07) is 8.13. The van der Waals surface area contributed by atoms with Crippen LogP contribution in [0.15, 0.2) is 24.3 Å². The standard InChI is InChI=1S/C14H18FN/c15-12-8-6-11(7-9-12)14-3-1-2-13(16-14)10-4-5-10/h6-10,13-14,16H,1-5H2. The van der Waals surface area contributed by atoms with Crippen LogP contribution in [0.3, 0.4) is 0 Å². The maximum absolute atomic E-state index is 12.8. The van der Waals surface area contributed by atoms with E-state index in [4.69, 9.17) is 0 Å². The van der Waals surface area contributed by atoms with Gasteiger partial charge < -0.3 is 5.32 Å². The minimum absolute atomic E-state index is 0.140. The lowest BCUT2D eigenvalue weighted by Crippen LogP contribution is -2.38. The van der Waals surface area contributed by atoms with E-state index in [0.717, 1.165) is 5.92 Å². The van der Waals surface area contributed by atoms with Gasteiger partial charge >= 0.3 is 0 Å². The quantitative estimate of drug-likeness (QED) is 0.803. The molecule has 1 aromatic rings. The highest BCUT2D eigenvalue weighted by Gasteiger charge is 2.34. The van der Waals surface area contributed by atoms with Crippen molar-refractivity contribution in [3.8, 4) is 0 Å². The average Bonchev–Trinajstić information content (AvgIpc) is 3.14. The summed E-state index contributed by atoms with van der Waals surface area (Å²) in [6.07, 6.45) is 6.61. The molecule has 0 amide bonds. The molecule has 16 heavy (non-hydrogen) atoms. The normalized spacial score (nSPS) is 30.3. The number of piperidine rings is 1. The molecule has 1 saturated heterocycles. The fraction of sp³-hybridized carbons (Fsp3) is 0.571. The Labute approximate surface area is 96.1 Å². The van der Waals surface area contributed by atoms with Crippen molar-refractivity contribution in [1.29, 1.82) is 0 Å². The van der Waals surface area contributed by atoms with Crippen LogP contribution in [0.5, 0.6) is 0 Å². The Balaban J connectivity index is 1.71. The molecule has 1 N–H and O–H groups in total. The highest BCUT2D eigenvalue weighted by molar-refractivity contribution is 5.20. The number of nitrogens with one attached hydrogen (secondary N) is 1. The van der Waals surface area contributed by atoms with Crippen molar-refractivity contribution < 1.29 is 4.39 Å². The van der Waals surface area contributed by atoms with Crippen molar-refractivity contribution in [3.05, 3.63) is 35.6 Å². The molecule has 0 radical (unpaired) electrons. The van der Waals surface area contributed by atoms with E-state index < -0.39 is 0 Å². The van der Waals surface area contributed by atoms with Crippen molar-refractivity contribution in [3.63, 3.8) is 0 Å². The summed E-state index contributed by atoms with van der Waals surface area (Å²) in [5, 5.41) is 3.73. The average molecular weight is 219 g/mol. The van der Waals surface area contributed by atoms with Gasteiger partial charge in [-0.25, -0.2) is 4.39 Å². The Morgan fingerprint density at radius 2 is 1.75 bits per heavy atom. The van der Waals surface area contributed by atoms with Crippen LogP contribution >= 0.6 is 0 Å². The largest absolute Gasteiger partial charge is 0.307 e. The van der Waals surface area contributed by atoms with Crippen LogP contribution in [-0.2, 0) is 0 Å². The molecule has 1 aliphatic heterocycles. The Hall–Kier alpha value is -0.890. The molecule has 1 aliphatic carbocycles. The van der Waals surface area contributed by atoms with E-state index in [0.29, 0.717) is 12.1 Å². The summed E-state index contributed by atoms with van der Waals surface area (Å²) in [5.74, 6) is 0.779. The molecule has 1 nitrogen and oxygen atoms in total. The molecule has 1 saturated carbocycles. The van der Waals surface area contributed by atoms with Gasteiger partial charge in [0.05, 0.1) is 0 Å². The lowest BCUT2D eigenvalue weighted by molar-refractivity contribution is 0.300. The Bertz CT molecular complexity index is 356. The lowest BCUT2D eigenvalue weighted by atomic mass is 9.91. The fourth-order valence-electron chi connectivity index (χ4n) is 2.80. The summed E-state index contributed by atoms with van der Waals surface area (Å²) >= 11 is 0. The summed E-state index contributed by atoms with van der Waals surface area (Å²) in [4.78, 5) is 0. The Morgan fingerprint density at radius 1 is 1.00 bits per heavy atom. The molecule has 0 aromatic heterocycles. The number of hydrogen-bond donors (Lipinski definition) is 1. The second-order valence-corrected chi connectivity index (χ2v) is 5.15. The third-order valence-corrected chi connectivity index (χ3v) is 3.89. The molecule has 0 spiro atoms. The fourth-order valence-corrected chi connectivity index (χ4v) is 2.80. The second-order valence-electron chi connectivity index (χ2n) is 5.15. The summed E-state index contributed by atoms with van der Waals surface area (Å²) in [6.45, 7) is 0. The first-order valence-corrected chi connectivity index (χ1v) is 6.34. The monoisotopic (exact) mass is 219 g/mol. The van der Waals surface area contributed by atoms with E-state index in [1.807, 2.05) is 12.1 Å². The van der Waals surface area contributed by atoms with Gasteiger partial charge in [0.2, 0.25) is 0 Å². The third kappa shape index (κ3) is 2.12. The molecule has 2 fully saturated rings. The molecular weight excluding hydrogens is 201 g/mol. The van der Waals surface area contributed by atoms with Crippen molar-refractivity contribution in [2.75, 3.05) is 0 Å². The number of hydrogen-bond acceptors (Lipinski definition) is 1. The van der Waals surface area contributed by atoms with Gasteiger partial charge in [0.1, 0.15) is 5.82 Å². The minimum atomic E-state index is -0.140. The first kappa shape index (κ1) is 10.3. The summed E-state index contributed by atoms with van der Waals surface area (Å²) in [5.41, 5.74) is 1.24. The van der Waals surface area contributed by atoms with E-state index >= 15 is 0 Å². The van der Waals surface area contributed by atoms with Crippen LogP contribution < -0.4 is 5.32 Å². The zero-order chi connectivity index (χ0) is 11.0. The van der Waals surface area contributed by atoms with Crippen molar-refractivity contribution in [1.82, 2.24) is 5.32 Å². The van der Waals surface area contributed by atoms with Gasteiger partial charge in [0.25, 0.3) is 0 Å². The summed E-state index contributed by atoms with van der Waals surface area (Å²) in [7, 11) is 0. The van der Waals surface area contributed by atoms with E-state index in [1.54, 1.807) is 12.1 Å². The first-order valence-electron chi connectivity index (χ1n) is 6.34. The van der Waals surface area contributed by atoms with E-state index in [1.165, 1.54) is 37.7 Å². The molecule has 2 aliphatic rings. The minimum Gasteiger partial charge on any atom is -0.307 e. The van der Waals surface area contributed by atoms with Crippen LogP contribution in [0, 0.1) is 11.7 Å². The molecule has 1 aromatic carbocycles. The van der Waals surface area contributed by atoms with E-state index in [2.05, 4.69) is 5.32 Å². The predicted octanol–water partition coefficient (Wildman–Crippen LogP) is 3.42. The van der Waals surface area contributed by atoms with E-state index in [-0.39, 0.29) is 5.82 Å². The van der Waals surface area contributed by atoms with Gasteiger partial charge in [-0.05, 0) is 49.3 Å². The molecule has 1 heterocycles. The molecule has 2 unspecified atom stereocenters. The van der Waals surface area contributed by atoms with Gasteiger partial charge in [0, 0.05) is 12.1 Å².